The lowest BCUT2D eigenvalue weighted by molar-refractivity contribution is 0.0697. The first-order valence-corrected chi connectivity index (χ1v) is 7.33. The van der Waals surface area contributed by atoms with Crippen molar-refractivity contribution in [2.75, 3.05) is 13.1 Å². The highest BCUT2D eigenvalue weighted by Crippen LogP contribution is 2.22. The molecule has 1 amide bonds. The van der Waals surface area contributed by atoms with Crippen molar-refractivity contribution in [3.8, 4) is 5.82 Å². The van der Waals surface area contributed by atoms with Gasteiger partial charge in [0.15, 0.2) is 5.82 Å². The maximum absolute atomic E-state index is 12.5. The molecule has 1 aliphatic heterocycles. The number of likely N-dealkylation sites (tertiary alicyclic amines) is 1. The number of amides is 1. The van der Waals surface area contributed by atoms with Gasteiger partial charge in [0, 0.05) is 19.3 Å². The number of piperidine rings is 1. The van der Waals surface area contributed by atoms with Gasteiger partial charge in [-0.1, -0.05) is 18.5 Å². The summed E-state index contributed by atoms with van der Waals surface area (Å²) in [6.45, 7) is 3.81. The molecule has 0 unspecified atom stereocenters. The highest BCUT2D eigenvalue weighted by molar-refractivity contribution is 6.32. The average molecular weight is 306 g/mol. The van der Waals surface area contributed by atoms with E-state index in [-0.39, 0.29) is 5.91 Å². The number of aromatic nitrogens is 4. The molecule has 2 aromatic heterocycles. The van der Waals surface area contributed by atoms with Crippen LogP contribution in [-0.2, 0) is 0 Å². The molecule has 0 atom stereocenters. The van der Waals surface area contributed by atoms with Gasteiger partial charge in [0.2, 0.25) is 0 Å². The minimum Gasteiger partial charge on any atom is -0.339 e. The number of carbonyl (C=O) groups is 1. The molecule has 3 heterocycles. The predicted molar refractivity (Wildman–Crippen MR) is 78.5 cm³/mol. The first-order valence-electron chi connectivity index (χ1n) is 6.95. The number of hydrogen-bond donors (Lipinski definition) is 0. The molecule has 110 valence electrons. The van der Waals surface area contributed by atoms with Gasteiger partial charge < -0.3 is 4.90 Å². The fourth-order valence-electron chi connectivity index (χ4n) is 2.44. The summed E-state index contributed by atoms with van der Waals surface area (Å²) in [5, 5.41) is 7.84. The molecule has 21 heavy (non-hydrogen) atoms. The molecule has 1 fully saturated rings. The lowest BCUT2D eigenvalue weighted by Crippen LogP contribution is -2.38. The molecule has 0 bridgehead atoms. The van der Waals surface area contributed by atoms with E-state index in [1.807, 2.05) is 4.90 Å². The lowest BCUT2D eigenvalue weighted by Gasteiger charge is -2.30. The summed E-state index contributed by atoms with van der Waals surface area (Å²) >= 11 is 6.22. The average Bonchev–Trinajstić information content (AvgIpc) is 3.01. The number of rotatable bonds is 2. The van der Waals surface area contributed by atoms with Crippen molar-refractivity contribution in [2.24, 2.45) is 5.92 Å². The number of hydrogen-bond acceptors (Lipinski definition) is 4. The fraction of sp³-hybridized carbons (Fsp3) is 0.429. The maximum atomic E-state index is 12.5. The topological polar surface area (TPSA) is 63.9 Å². The Balaban J connectivity index is 1.80. The Hall–Kier alpha value is -1.95. The zero-order valence-corrected chi connectivity index (χ0v) is 12.5. The van der Waals surface area contributed by atoms with E-state index in [1.54, 1.807) is 16.8 Å². The molecular weight excluding hydrogens is 290 g/mol. The summed E-state index contributed by atoms with van der Waals surface area (Å²) in [4.78, 5) is 18.6. The molecule has 0 aromatic carbocycles. The SMILES string of the molecule is CC1CCN(C(=O)c2cnc(-n3cnnc3)c(Cl)c2)CC1. The van der Waals surface area contributed by atoms with Crippen molar-refractivity contribution in [3.63, 3.8) is 0 Å². The smallest absolute Gasteiger partial charge is 0.255 e. The summed E-state index contributed by atoms with van der Waals surface area (Å²) in [7, 11) is 0. The van der Waals surface area contributed by atoms with Crippen molar-refractivity contribution < 1.29 is 4.79 Å². The van der Waals surface area contributed by atoms with Crippen LogP contribution < -0.4 is 0 Å². The lowest BCUT2D eigenvalue weighted by atomic mass is 9.99. The Morgan fingerprint density at radius 2 is 1.95 bits per heavy atom. The molecule has 1 saturated heterocycles. The number of nitrogens with zero attached hydrogens (tertiary/aromatic N) is 5. The quantitative estimate of drug-likeness (QED) is 0.853. The fourth-order valence-corrected chi connectivity index (χ4v) is 2.71. The number of pyridine rings is 1. The van der Waals surface area contributed by atoms with Crippen LogP contribution in [0.2, 0.25) is 5.02 Å². The molecule has 0 N–H and O–H groups in total. The van der Waals surface area contributed by atoms with Gasteiger partial charge in [-0.3, -0.25) is 9.36 Å². The highest BCUT2D eigenvalue weighted by atomic mass is 35.5. The molecular formula is C14H16ClN5O. The molecule has 0 spiro atoms. The summed E-state index contributed by atoms with van der Waals surface area (Å²) in [5.74, 6) is 1.20. The van der Waals surface area contributed by atoms with Crippen LogP contribution in [-0.4, -0.2) is 43.6 Å². The monoisotopic (exact) mass is 305 g/mol. The minimum absolute atomic E-state index is 0.00777. The standard InChI is InChI=1S/C14H16ClN5O/c1-10-2-4-19(5-3-10)14(21)11-6-12(15)13(16-7-11)20-8-17-18-9-20/h6-10H,2-5H2,1H3. The van der Waals surface area contributed by atoms with Crippen molar-refractivity contribution in [1.82, 2.24) is 24.6 Å². The normalized spacial score (nSPS) is 16.2. The minimum atomic E-state index is -0.00777. The Bertz CT molecular complexity index is 635. The van der Waals surface area contributed by atoms with Crippen LogP contribution >= 0.6 is 11.6 Å². The third-order valence-corrected chi connectivity index (χ3v) is 4.08. The Morgan fingerprint density at radius 3 is 2.57 bits per heavy atom. The van der Waals surface area contributed by atoms with E-state index in [4.69, 9.17) is 11.6 Å². The first-order chi connectivity index (χ1) is 10.1. The second-order valence-corrected chi connectivity index (χ2v) is 5.78. The first kappa shape index (κ1) is 14.0. The molecule has 6 nitrogen and oxygen atoms in total. The second kappa shape index (κ2) is 5.81. The van der Waals surface area contributed by atoms with Crippen LogP contribution in [0, 0.1) is 5.92 Å². The molecule has 0 aliphatic carbocycles. The second-order valence-electron chi connectivity index (χ2n) is 5.37. The van der Waals surface area contributed by atoms with Crippen LogP contribution in [0.1, 0.15) is 30.1 Å². The molecule has 2 aromatic rings. The zero-order chi connectivity index (χ0) is 14.8. The number of carbonyl (C=O) groups excluding carboxylic acids is 1. The molecule has 3 rings (SSSR count). The van der Waals surface area contributed by atoms with Crippen LogP contribution in [0.3, 0.4) is 0 Å². The van der Waals surface area contributed by atoms with Gasteiger partial charge in [-0.2, -0.15) is 0 Å². The largest absolute Gasteiger partial charge is 0.339 e. The summed E-state index contributed by atoms with van der Waals surface area (Å²) in [6.07, 6.45) is 6.68. The van der Waals surface area contributed by atoms with E-state index in [1.165, 1.54) is 12.7 Å². The van der Waals surface area contributed by atoms with Gasteiger partial charge in [0.1, 0.15) is 12.7 Å². The molecule has 1 aliphatic rings. The van der Waals surface area contributed by atoms with Gasteiger partial charge in [0.25, 0.3) is 5.91 Å². The van der Waals surface area contributed by atoms with Gasteiger partial charge in [-0.05, 0) is 24.8 Å². The van der Waals surface area contributed by atoms with Crippen LogP contribution in [0.4, 0.5) is 0 Å². The van der Waals surface area contributed by atoms with Crippen LogP contribution in [0.15, 0.2) is 24.9 Å². The Morgan fingerprint density at radius 1 is 1.29 bits per heavy atom. The summed E-state index contributed by atoms with van der Waals surface area (Å²) in [6, 6.07) is 1.66. The Kier molecular flexibility index (Phi) is 3.88. The summed E-state index contributed by atoms with van der Waals surface area (Å²) in [5.41, 5.74) is 0.520. The molecule has 0 radical (unpaired) electrons. The van der Waals surface area contributed by atoms with Crippen LogP contribution in [0.5, 0.6) is 0 Å². The molecule has 7 heteroatoms. The van der Waals surface area contributed by atoms with Crippen molar-refractivity contribution >= 4 is 17.5 Å². The van der Waals surface area contributed by atoms with Crippen molar-refractivity contribution in [3.05, 3.63) is 35.5 Å². The van der Waals surface area contributed by atoms with Gasteiger partial charge in [0.05, 0.1) is 10.6 Å². The van der Waals surface area contributed by atoms with E-state index in [0.29, 0.717) is 22.3 Å². The number of halogens is 1. The zero-order valence-electron chi connectivity index (χ0n) is 11.7. The van der Waals surface area contributed by atoms with Gasteiger partial charge in [-0.25, -0.2) is 4.98 Å². The highest BCUT2D eigenvalue weighted by Gasteiger charge is 2.22. The van der Waals surface area contributed by atoms with E-state index < -0.39 is 0 Å². The third kappa shape index (κ3) is 2.90. The predicted octanol–water partition coefficient (Wildman–Crippen LogP) is 2.19. The van der Waals surface area contributed by atoms with E-state index in [9.17, 15) is 4.79 Å². The van der Waals surface area contributed by atoms with Gasteiger partial charge >= 0.3 is 0 Å². The van der Waals surface area contributed by atoms with E-state index >= 15 is 0 Å². The van der Waals surface area contributed by atoms with Crippen LogP contribution in [0.25, 0.3) is 5.82 Å². The molecule has 0 saturated carbocycles. The third-order valence-electron chi connectivity index (χ3n) is 3.80. The van der Waals surface area contributed by atoms with E-state index in [2.05, 4.69) is 22.1 Å². The summed E-state index contributed by atoms with van der Waals surface area (Å²) < 4.78 is 1.61. The Labute approximate surface area is 127 Å². The van der Waals surface area contributed by atoms with Gasteiger partial charge in [-0.15, -0.1) is 10.2 Å². The maximum Gasteiger partial charge on any atom is 0.255 e. The van der Waals surface area contributed by atoms with E-state index in [0.717, 1.165) is 25.9 Å². The van der Waals surface area contributed by atoms with Crippen molar-refractivity contribution in [1.29, 1.82) is 0 Å². The van der Waals surface area contributed by atoms with Crippen molar-refractivity contribution in [2.45, 2.75) is 19.8 Å².